The normalized spacial score (nSPS) is 10.3. The Morgan fingerprint density at radius 1 is 1.57 bits per heavy atom. The number of hydrogen-bond donors (Lipinski definition) is 3. The number of nitrogens with two attached hydrogens (primary N) is 1. The molecule has 4 N–H and O–H groups in total. The van der Waals surface area contributed by atoms with Crippen molar-refractivity contribution in [3.63, 3.8) is 0 Å². The molecule has 4 nitrogen and oxygen atoms in total. The van der Waals surface area contributed by atoms with E-state index in [2.05, 4.69) is 16.8 Å². The molecule has 0 aliphatic carbocycles. The van der Waals surface area contributed by atoms with E-state index in [-0.39, 0.29) is 5.84 Å². The first-order valence-electron chi connectivity index (χ1n) is 4.17. The zero-order chi connectivity index (χ0) is 10.1. The largest absolute Gasteiger partial charge is 0.382 e. The SMILES string of the molecule is C=Cc1ccc2c(C(=N)N)n[nH]c2c1. The van der Waals surface area contributed by atoms with E-state index in [0.29, 0.717) is 5.69 Å². The number of H-pyrrole nitrogens is 1. The summed E-state index contributed by atoms with van der Waals surface area (Å²) in [5.41, 5.74) is 7.75. The van der Waals surface area contributed by atoms with E-state index in [1.165, 1.54) is 0 Å². The van der Waals surface area contributed by atoms with E-state index in [0.717, 1.165) is 16.5 Å². The molecule has 1 aromatic carbocycles. The van der Waals surface area contributed by atoms with Crippen molar-refractivity contribution in [2.45, 2.75) is 0 Å². The molecule has 0 bridgehead atoms. The Hall–Kier alpha value is -2.10. The third-order valence-corrected chi connectivity index (χ3v) is 2.08. The van der Waals surface area contributed by atoms with Crippen molar-refractivity contribution in [1.29, 1.82) is 5.41 Å². The molecule has 0 spiro atoms. The fourth-order valence-electron chi connectivity index (χ4n) is 1.37. The molecule has 0 fully saturated rings. The first-order chi connectivity index (χ1) is 6.72. The van der Waals surface area contributed by atoms with Crippen LogP contribution in [0.15, 0.2) is 24.8 Å². The predicted molar refractivity (Wildman–Crippen MR) is 57.2 cm³/mol. The second kappa shape index (κ2) is 2.99. The van der Waals surface area contributed by atoms with Crippen molar-refractivity contribution >= 4 is 22.8 Å². The van der Waals surface area contributed by atoms with Gasteiger partial charge in [-0.15, -0.1) is 0 Å². The van der Waals surface area contributed by atoms with Crippen LogP contribution in [-0.2, 0) is 0 Å². The van der Waals surface area contributed by atoms with Gasteiger partial charge in [-0.05, 0) is 17.7 Å². The van der Waals surface area contributed by atoms with Crippen LogP contribution in [0.25, 0.3) is 17.0 Å². The Morgan fingerprint density at radius 2 is 2.36 bits per heavy atom. The molecule has 0 atom stereocenters. The standard InChI is InChI=1S/C10H10N4/c1-2-6-3-4-7-8(5-6)13-14-9(7)10(11)12/h2-5H,1H2,(H3,11,12)(H,13,14). The quantitative estimate of drug-likeness (QED) is 0.490. The number of nitrogen functional groups attached to an aromatic ring is 1. The highest BCUT2D eigenvalue weighted by atomic mass is 15.1. The lowest BCUT2D eigenvalue weighted by molar-refractivity contribution is 1.10. The molecule has 0 saturated carbocycles. The molecule has 4 heteroatoms. The zero-order valence-corrected chi connectivity index (χ0v) is 7.54. The maximum Gasteiger partial charge on any atom is 0.144 e. The van der Waals surface area contributed by atoms with Gasteiger partial charge >= 0.3 is 0 Å². The Kier molecular flexibility index (Phi) is 1.81. The van der Waals surface area contributed by atoms with Crippen LogP contribution >= 0.6 is 0 Å². The predicted octanol–water partition coefficient (Wildman–Crippen LogP) is 1.49. The minimum absolute atomic E-state index is 0.0254. The fourth-order valence-corrected chi connectivity index (χ4v) is 1.37. The van der Waals surface area contributed by atoms with Gasteiger partial charge in [0.15, 0.2) is 0 Å². The van der Waals surface area contributed by atoms with Gasteiger partial charge in [0, 0.05) is 5.39 Å². The molecule has 14 heavy (non-hydrogen) atoms. The number of benzene rings is 1. The third kappa shape index (κ3) is 1.17. The number of nitrogens with one attached hydrogen (secondary N) is 2. The van der Waals surface area contributed by atoms with Crippen molar-refractivity contribution in [2.75, 3.05) is 0 Å². The molecule has 0 aliphatic heterocycles. The smallest absolute Gasteiger partial charge is 0.144 e. The average Bonchev–Trinajstić information content (AvgIpc) is 2.59. The highest BCUT2D eigenvalue weighted by Gasteiger charge is 2.07. The van der Waals surface area contributed by atoms with Crippen LogP contribution in [0, 0.1) is 5.41 Å². The molecular formula is C10H10N4. The molecule has 1 aromatic heterocycles. The number of aromatic amines is 1. The summed E-state index contributed by atoms with van der Waals surface area (Å²) in [6.07, 6.45) is 1.76. The summed E-state index contributed by atoms with van der Waals surface area (Å²) in [5, 5.41) is 15.0. The maximum absolute atomic E-state index is 7.31. The zero-order valence-electron chi connectivity index (χ0n) is 7.54. The second-order valence-corrected chi connectivity index (χ2v) is 3.00. The monoisotopic (exact) mass is 186 g/mol. The van der Waals surface area contributed by atoms with Crippen LogP contribution in [0.2, 0.25) is 0 Å². The van der Waals surface area contributed by atoms with Gasteiger partial charge < -0.3 is 5.73 Å². The van der Waals surface area contributed by atoms with E-state index >= 15 is 0 Å². The van der Waals surface area contributed by atoms with Gasteiger partial charge in [-0.25, -0.2) is 0 Å². The molecule has 0 unspecified atom stereocenters. The number of aromatic nitrogens is 2. The van der Waals surface area contributed by atoms with Crippen LogP contribution in [0.5, 0.6) is 0 Å². The van der Waals surface area contributed by atoms with Crippen LogP contribution in [0.4, 0.5) is 0 Å². The van der Waals surface area contributed by atoms with Crippen molar-refractivity contribution in [3.05, 3.63) is 36.0 Å². The highest BCUT2D eigenvalue weighted by Crippen LogP contribution is 2.17. The van der Waals surface area contributed by atoms with Crippen molar-refractivity contribution in [1.82, 2.24) is 10.2 Å². The summed E-state index contributed by atoms with van der Waals surface area (Å²) in [5.74, 6) is -0.0254. The summed E-state index contributed by atoms with van der Waals surface area (Å²) in [6.45, 7) is 3.68. The lowest BCUT2D eigenvalue weighted by atomic mass is 10.1. The van der Waals surface area contributed by atoms with Crippen LogP contribution in [-0.4, -0.2) is 16.0 Å². The first kappa shape index (κ1) is 8.50. The first-order valence-corrected chi connectivity index (χ1v) is 4.17. The van der Waals surface area contributed by atoms with Gasteiger partial charge in [-0.3, -0.25) is 10.5 Å². The summed E-state index contributed by atoms with van der Waals surface area (Å²) in [7, 11) is 0. The number of nitrogens with zero attached hydrogens (tertiary/aromatic N) is 1. The Labute approximate surface area is 80.9 Å². The minimum Gasteiger partial charge on any atom is -0.382 e. The third-order valence-electron chi connectivity index (χ3n) is 2.08. The van der Waals surface area contributed by atoms with Gasteiger partial charge in [0.1, 0.15) is 11.5 Å². The van der Waals surface area contributed by atoms with Gasteiger partial charge in [0.05, 0.1) is 5.52 Å². The minimum atomic E-state index is -0.0254. The molecule has 1 heterocycles. The molecular weight excluding hydrogens is 176 g/mol. The molecule has 70 valence electrons. The van der Waals surface area contributed by atoms with E-state index in [1.54, 1.807) is 6.08 Å². The lowest BCUT2D eigenvalue weighted by Crippen LogP contribution is -2.11. The van der Waals surface area contributed by atoms with Crippen molar-refractivity contribution in [2.24, 2.45) is 5.73 Å². The van der Waals surface area contributed by atoms with E-state index in [4.69, 9.17) is 11.1 Å². The molecule has 2 aromatic rings. The van der Waals surface area contributed by atoms with Gasteiger partial charge in [0.2, 0.25) is 0 Å². The molecule has 0 saturated heterocycles. The summed E-state index contributed by atoms with van der Waals surface area (Å²) >= 11 is 0. The number of fused-ring (bicyclic) bond motifs is 1. The van der Waals surface area contributed by atoms with E-state index in [9.17, 15) is 0 Å². The second-order valence-electron chi connectivity index (χ2n) is 3.00. The summed E-state index contributed by atoms with van der Waals surface area (Å²) in [6, 6.07) is 5.71. The summed E-state index contributed by atoms with van der Waals surface area (Å²) in [4.78, 5) is 0. The van der Waals surface area contributed by atoms with E-state index < -0.39 is 0 Å². The average molecular weight is 186 g/mol. The lowest BCUT2D eigenvalue weighted by Gasteiger charge is -1.94. The number of amidine groups is 1. The summed E-state index contributed by atoms with van der Waals surface area (Å²) < 4.78 is 0. The molecule has 0 amide bonds. The van der Waals surface area contributed by atoms with Crippen molar-refractivity contribution in [3.8, 4) is 0 Å². The Morgan fingerprint density at radius 3 is 3.00 bits per heavy atom. The number of rotatable bonds is 2. The maximum atomic E-state index is 7.31. The van der Waals surface area contributed by atoms with Crippen LogP contribution in [0.3, 0.4) is 0 Å². The van der Waals surface area contributed by atoms with Crippen molar-refractivity contribution < 1.29 is 0 Å². The van der Waals surface area contributed by atoms with Gasteiger partial charge in [-0.2, -0.15) is 5.10 Å². The highest BCUT2D eigenvalue weighted by molar-refractivity contribution is 6.05. The molecule has 0 aliphatic rings. The topological polar surface area (TPSA) is 78.6 Å². The van der Waals surface area contributed by atoms with Crippen LogP contribution in [0.1, 0.15) is 11.3 Å². The van der Waals surface area contributed by atoms with Gasteiger partial charge in [0.25, 0.3) is 0 Å². The number of hydrogen-bond acceptors (Lipinski definition) is 2. The molecule has 2 rings (SSSR count). The molecule has 0 radical (unpaired) electrons. The Bertz CT molecular complexity index is 510. The van der Waals surface area contributed by atoms with Gasteiger partial charge in [-0.1, -0.05) is 18.7 Å². The fraction of sp³-hybridized carbons (Fsp3) is 0. The Balaban J connectivity index is 2.71. The van der Waals surface area contributed by atoms with E-state index in [1.807, 2.05) is 18.2 Å². The van der Waals surface area contributed by atoms with Crippen LogP contribution < -0.4 is 5.73 Å².